The molecular formula is C5H10N4OS. The highest BCUT2D eigenvalue weighted by Crippen LogP contribution is 1.96. The maximum Gasteiger partial charge on any atom is 0.240 e. The van der Waals surface area contributed by atoms with Gasteiger partial charge in [0.25, 0.3) is 0 Å². The standard InChI is InChI=1S/C5H10N4OS/c6-9-4(10)3-1-7-5(11)8-2-3/h3H,1-2,6H2,(H,9,10)(H2,7,8,11). The summed E-state index contributed by atoms with van der Waals surface area (Å²) in [6, 6.07) is 0. The molecule has 1 rings (SSSR count). The zero-order valence-electron chi connectivity index (χ0n) is 5.89. The van der Waals surface area contributed by atoms with Crippen LogP contribution in [-0.4, -0.2) is 24.1 Å². The number of thiocarbonyl (C=S) groups is 1. The second-order valence-electron chi connectivity index (χ2n) is 2.30. The van der Waals surface area contributed by atoms with Crippen molar-refractivity contribution < 1.29 is 4.79 Å². The minimum Gasteiger partial charge on any atom is -0.362 e. The molecule has 1 aliphatic heterocycles. The van der Waals surface area contributed by atoms with Crippen molar-refractivity contribution >= 4 is 23.2 Å². The van der Waals surface area contributed by atoms with Crippen LogP contribution in [0.25, 0.3) is 0 Å². The molecule has 0 atom stereocenters. The second-order valence-corrected chi connectivity index (χ2v) is 2.70. The van der Waals surface area contributed by atoms with Gasteiger partial charge in [0.05, 0.1) is 5.92 Å². The van der Waals surface area contributed by atoms with Gasteiger partial charge in [0.2, 0.25) is 5.91 Å². The van der Waals surface area contributed by atoms with Crippen LogP contribution < -0.4 is 21.9 Å². The van der Waals surface area contributed by atoms with Crippen LogP contribution in [0.3, 0.4) is 0 Å². The normalized spacial score (nSPS) is 18.5. The highest BCUT2D eigenvalue weighted by Gasteiger charge is 2.21. The number of carbonyl (C=O) groups is 1. The average Bonchev–Trinajstić information content (AvgIpc) is 2.05. The van der Waals surface area contributed by atoms with E-state index in [-0.39, 0.29) is 11.8 Å². The Balaban J connectivity index is 2.39. The van der Waals surface area contributed by atoms with Crippen molar-refractivity contribution in [2.24, 2.45) is 11.8 Å². The third-order valence-electron chi connectivity index (χ3n) is 1.53. The van der Waals surface area contributed by atoms with Crippen molar-refractivity contribution in [2.75, 3.05) is 13.1 Å². The number of rotatable bonds is 1. The SMILES string of the molecule is NNC(=O)C1CNC(=S)NC1. The first-order valence-electron chi connectivity index (χ1n) is 3.26. The van der Waals surface area contributed by atoms with E-state index in [1.165, 1.54) is 0 Å². The summed E-state index contributed by atoms with van der Waals surface area (Å²) >= 11 is 4.80. The number of hydrogen-bond donors (Lipinski definition) is 4. The lowest BCUT2D eigenvalue weighted by atomic mass is 10.1. The molecule has 62 valence electrons. The fourth-order valence-corrected chi connectivity index (χ4v) is 1.04. The molecule has 0 aromatic carbocycles. The zero-order chi connectivity index (χ0) is 8.27. The van der Waals surface area contributed by atoms with Crippen molar-refractivity contribution in [2.45, 2.75) is 0 Å². The Hall–Kier alpha value is -0.880. The van der Waals surface area contributed by atoms with Crippen LogP contribution in [0.5, 0.6) is 0 Å². The number of hydrazine groups is 1. The summed E-state index contributed by atoms with van der Waals surface area (Å²) in [5.41, 5.74) is 2.09. The van der Waals surface area contributed by atoms with Crippen molar-refractivity contribution in [3.8, 4) is 0 Å². The third kappa shape index (κ3) is 2.02. The lowest BCUT2D eigenvalue weighted by Crippen LogP contribution is -2.53. The highest BCUT2D eigenvalue weighted by molar-refractivity contribution is 7.80. The highest BCUT2D eigenvalue weighted by atomic mass is 32.1. The van der Waals surface area contributed by atoms with Gasteiger partial charge in [-0.1, -0.05) is 0 Å². The molecule has 0 saturated carbocycles. The summed E-state index contributed by atoms with van der Waals surface area (Å²) in [5.74, 6) is 4.64. The van der Waals surface area contributed by atoms with Crippen molar-refractivity contribution in [3.05, 3.63) is 0 Å². The maximum absolute atomic E-state index is 10.9. The fraction of sp³-hybridized carbons (Fsp3) is 0.600. The van der Waals surface area contributed by atoms with Crippen molar-refractivity contribution in [1.29, 1.82) is 0 Å². The van der Waals surface area contributed by atoms with Gasteiger partial charge in [0.15, 0.2) is 5.11 Å². The van der Waals surface area contributed by atoms with E-state index < -0.39 is 0 Å². The molecule has 5 N–H and O–H groups in total. The third-order valence-corrected chi connectivity index (χ3v) is 1.82. The molecule has 0 aromatic heterocycles. The molecule has 0 radical (unpaired) electrons. The molecule has 0 bridgehead atoms. The predicted octanol–water partition coefficient (Wildman–Crippen LogP) is -1.93. The average molecular weight is 174 g/mol. The minimum absolute atomic E-state index is 0.133. The summed E-state index contributed by atoms with van der Waals surface area (Å²) in [7, 11) is 0. The summed E-state index contributed by atoms with van der Waals surface area (Å²) < 4.78 is 0. The summed E-state index contributed by atoms with van der Waals surface area (Å²) in [6.07, 6.45) is 0. The molecule has 6 heteroatoms. The largest absolute Gasteiger partial charge is 0.362 e. The lowest BCUT2D eigenvalue weighted by molar-refractivity contribution is -0.124. The number of carbonyl (C=O) groups excluding carboxylic acids is 1. The molecule has 1 amide bonds. The van der Waals surface area contributed by atoms with E-state index in [2.05, 4.69) is 16.1 Å². The molecule has 1 saturated heterocycles. The van der Waals surface area contributed by atoms with E-state index in [0.717, 1.165) is 0 Å². The Morgan fingerprint density at radius 3 is 2.64 bits per heavy atom. The van der Waals surface area contributed by atoms with Gasteiger partial charge in [-0.25, -0.2) is 5.84 Å². The molecule has 1 aliphatic rings. The van der Waals surface area contributed by atoms with E-state index in [4.69, 9.17) is 18.1 Å². The van der Waals surface area contributed by atoms with Crippen LogP contribution in [0.15, 0.2) is 0 Å². The van der Waals surface area contributed by atoms with E-state index >= 15 is 0 Å². The van der Waals surface area contributed by atoms with Gasteiger partial charge in [-0.2, -0.15) is 0 Å². The first kappa shape index (κ1) is 8.22. The quantitative estimate of drug-likeness (QED) is 0.161. The first-order valence-corrected chi connectivity index (χ1v) is 3.67. The van der Waals surface area contributed by atoms with E-state index in [1.807, 2.05) is 0 Å². The van der Waals surface area contributed by atoms with Crippen LogP contribution in [0.1, 0.15) is 0 Å². The van der Waals surface area contributed by atoms with Gasteiger partial charge >= 0.3 is 0 Å². The molecule has 1 heterocycles. The molecule has 5 nitrogen and oxygen atoms in total. The Bertz CT molecular complexity index is 173. The monoisotopic (exact) mass is 174 g/mol. The van der Waals surface area contributed by atoms with Gasteiger partial charge in [0, 0.05) is 13.1 Å². The Morgan fingerprint density at radius 2 is 2.18 bits per heavy atom. The van der Waals surface area contributed by atoms with Gasteiger partial charge in [0.1, 0.15) is 0 Å². The smallest absolute Gasteiger partial charge is 0.240 e. The molecule has 1 fully saturated rings. The van der Waals surface area contributed by atoms with Crippen molar-refractivity contribution in [1.82, 2.24) is 16.1 Å². The Morgan fingerprint density at radius 1 is 1.64 bits per heavy atom. The minimum atomic E-state index is -0.174. The fourth-order valence-electron chi connectivity index (χ4n) is 0.870. The van der Waals surface area contributed by atoms with Crippen LogP contribution in [0.2, 0.25) is 0 Å². The summed E-state index contributed by atoms with van der Waals surface area (Å²) in [6.45, 7) is 1.10. The van der Waals surface area contributed by atoms with Gasteiger partial charge < -0.3 is 10.6 Å². The maximum atomic E-state index is 10.9. The molecular weight excluding hydrogens is 164 g/mol. The van der Waals surface area contributed by atoms with Crippen LogP contribution in [-0.2, 0) is 4.79 Å². The van der Waals surface area contributed by atoms with Gasteiger partial charge in [-0.15, -0.1) is 0 Å². The number of amides is 1. The second kappa shape index (κ2) is 3.49. The molecule has 0 aromatic rings. The van der Waals surface area contributed by atoms with E-state index in [0.29, 0.717) is 18.2 Å². The topological polar surface area (TPSA) is 79.2 Å². The molecule has 11 heavy (non-hydrogen) atoms. The Kier molecular flexibility index (Phi) is 2.61. The molecule has 0 unspecified atom stereocenters. The summed E-state index contributed by atoms with van der Waals surface area (Å²) in [5, 5.41) is 6.29. The number of nitrogens with one attached hydrogen (secondary N) is 3. The zero-order valence-corrected chi connectivity index (χ0v) is 6.70. The summed E-state index contributed by atoms with van der Waals surface area (Å²) in [4.78, 5) is 10.9. The van der Waals surface area contributed by atoms with Gasteiger partial charge in [-0.05, 0) is 12.2 Å². The number of hydrogen-bond acceptors (Lipinski definition) is 3. The van der Waals surface area contributed by atoms with Crippen LogP contribution >= 0.6 is 12.2 Å². The van der Waals surface area contributed by atoms with Crippen LogP contribution in [0.4, 0.5) is 0 Å². The first-order chi connectivity index (χ1) is 5.24. The van der Waals surface area contributed by atoms with E-state index in [1.54, 1.807) is 0 Å². The molecule has 0 aliphatic carbocycles. The molecule has 0 spiro atoms. The van der Waals surface area contributed by atoms with Crippen LogP contribution in [0, 0.1) is 5.92 Å². The Labute approximate surface area is 69.7 Å². The number of nitrogens with two attached hydrogens (primary N) is 1. The van der Waals surface area contributed by atoms with Crippen molar-refractivity contribution in [3.63, 3.8) is 0 Å². The van der Waals surface area contributed by atoms with E-state index in [9.17, 15) is 4.79 Å². The predicted molar refractivity (Wildman–Crippen MR) is 44.4 cm³/mol. The lowest BCUT2D eigenvalue weighted by Gasteiger charge is -2.23. The van der Waals surface area contributed by atoms with Gasteiger partial charge in [-0.3, -0.25) is 10.2 Å².